The number of rotatable bonds is 11. The molecule has 0 aliphatic rings. The third-order valence-electron chi connectivity index (χ3n) is 5.00. The van der Waals surface area contributed by atoms with Crippen LogP contribution in [0.15, 0.2) is 78.4 Å². The van der Waals surface area contributed by atoms with Gasteiger partial charge < -0.3 is 24.8 Å². The van der Waals surface area contributed by atoms with E-state index in [0.717, 1.165) is 5.56 Å². The number of nitrogens with zero attached hydrogens (tertiary/aromatic N) is 1. The number of carbonyl (C=O) groups excluding carboxylic acids is 3. The zero-order valence-electron chi connectivity index (χ0n) is 21.3. The second-order valence-corrected chi connectivity index (χ2v) is 9.18. The largest absolute Gasteiger partial charge is 0.493 e. The minimum absolute atomic E-state index is 0.219. The molecule has 3 aromatic rings. The van der Waals surface area contributed by atoms with Gasteiger partial charge in [-0.2, -0.15) is 5.10 Å². The molecule has 3 rings (SSSR count). The Morgan fingerprint density at radius 1 is 0.949 bits per heavy atom. The van der Waals surface area contributed by atoms with Gasteiger partial charge in [0.1, 0.15) is 12.4 Å². The summed E-state index contributed by atoms with van der Waals surface area (Å²) in [4.78, 5) is 36.6. The lowest BCUT2D eigenvalue weighted by Gasteiger charge is -2.13. The van der Waals surface area contributed by atoms with Crippen molar-refractivity contribution < 1.29 is 28.6 Å². The molecule has 0 unspecified atom stereocenters. The van der Waals surface area contributed by atoms with Crippen LogP contribution in [0.5, 0.6) is 17.2 Å². The number of halogens is 1. The summed E-state index contributed by atoms with van der Waals surface area (Å²) in [5.41, 5.74) is 4.94. The summed E-state index contributed by atoms with van der Waals surface area (Å²) >= 11 is 2.04. The highest BCUT2D eigenvalue weighted by atomic mass is 127. The smallest absolute Gasteiger partial charge is 0.329 e. The zero-order valence-corrected chi connectivity index (χ0v) is 23.5. The van der Waals surface area contributed by atoms with Crippen molar-refractivity contribution >= 4 is 57.9 Å². The first kappa shape index (κ1) is 29.2. The Kier molecular flexibility index (Phi) is 10.9. The van der Waals surface area contributed by atoms with Gasteiger partial charge in [-0.15, -0.1) is 0 Å². The number of hydrogen-bond acceptors (Lipinski definition) is 7. The van der Waals surface area contributed by atoms with Crippen molar-refractivity contribution in [1.82, 2.24) is 5.43 Å². The van der Waals surface area contributed by atoms with E-state index < -0.39 is 11.8 Å². The lowest BCUT2D eigenvalue weighted by molar-refractivity contribution is -0.136. The number of nitrogens with one attached hydrogen (secondary N) is 3. The van der Waals surface area contributed by atoms with Gasteiger partial charge in [0, 0.05) is 11.4 Å². The lowest BCUT2D eigenvalue weighted by atomic mass is 10.2. The fourth-order valence-electron chi connectivity index (χ4n) is 3.12. The van der Waals surface area contributed by atoms with Crippen molar-refractivity contribution in [1.29, 1.82) is 0 Å². The molecule has 11 heteroatoms. The fourth-order valence-corrected chi connectivity index (χ4v) is 3.90. The van der Waals surface area contributed by atoms with Crippen LogP contribution in [0.3, 0.4) is 0 Å². The standard InChI is InChI=1S/C28H27IN4O6/c1-4-13-38-22-11-9-21(10-12-22)32-27(35)28(36)33-30-16-19-14-23(29)26(24(15-19)37-3)39-17-25(34)31-20-7-5-18(2)6-8-20/h4-12,14-16H,1,13,17H2,2-3H3,(H,31,34)(H,32,35)(H,33,36)/b30-16-. The summed E-state index contributed by atoms with van der Waals surface area (Å²) in [6.45, 7) is 5.68. The Bertz CT molecular complexity index is 1360. The number of hydrogen-bond donors (Lipinski definition) is 3. The van der Waals surface area contributed by atoms with Crippen LogP contribution >= 0.6 is 22.6 Å². The number of carbonyl (C=O) groups is 3. The Balaban J connectivity index is 1.54. The first-order chi connectivity index (χ1) is 18.8. The summed E-state index contributed by atoms with van der Waals surface area (Å²) < 4.78 is 17.1. The Labute approximate surface area is 239 Å². The van der Waals surface area contributed by atoms with Gasteiger partial charge in [-0.05, 0) is 83.6 Å². The molecule has 0 aromatic heterocycles. The molecule has 0 radical (unpaired) electrons. The molecule has 3 amide bonds. The van der Waals surface area contributed by atoms with Gasteiger partial charge in [0.2, 0.25) is 0 Å². The number of ether oxygens (including phenoxy) is 3. The molecule has 3 aromatic carbocycles. The van der Waals surface area contributed by atoms with Gasteiger partial charge in [0.15, 0.2) is 18.1 Å². The van der Waals surface area contributed by atoms with Crippen molar-refractivity contribution in [3.63, 3.8) is 0 Å². The van der Waals surface area contributed by atoms with Crippen LogP contribution < -0.4 is 30.3 Å². The van der Waals surface area contributed by atoms with E-state index in [1.165, 1.54) is 13.3 Å². The SMILES string of the molecule is C=CCOc1ccc(NC(=O)C(=O)N/N=C\c2cc(I)c(OCC(=O)Nc3ccc(C)cc3)c(OC)c2)cc1. The van der Waals surface area contributed by atoms with Gasteiger partial charge in [-0.3, -0.25) is 14.4 Å². The molecule has 0 atom stereocenters. The van der Waals surface area contributed by atoms with Gasteiger partial charge in [-0.1, -0.05) is 30.4 Å². The quantitative estimate of drug-likeness (QED) is 0.0943. The Morgan fingerprint density at radius 2 is 1.62 bits per heavy atom. The molecule has 0 aliphatic carbocycles. The average molecular weight is 642 g/mol. The van der Waals surface area contributed by atoms with Gasteiger partial charge >= 0.3 is 11.8 Å². The van der Waals surface area contributed by atoms with E-state index in [4.69, 9.17) is 14.2 Å². The summed E-state index contributed by atoms with van der Waals surface area (Å²) in [7, 11) is 1.47. The van der Waals surface area contributed by atoms with E-state index in [1.807, 2.05) is 53.8 Å². The van der Waals surface area contributed by atoms with Gasteiger partial charge in [0.05, 0.1) is 16.9 Å². The predicted molar refractivity (Wildman–Crippen MR) is 158 cm³/mol. The van der Waals surface area contributed by atoms with E-state index in [1.54, 1.807) is 42.5 Å². The maximum atomic E-state index is 12.3. The Hall–Kier alpha value is -4.39. The maximum Gasteiger partial charge on any atom is 0.329 e. The summed E-state index contributed by atoms with van der Waals surface area (Å²) in [5, 5.41) is 9.10. The number of methoxy groups -OCH3 is 1. The molecule has 3 N–H and O–H groups in total. The van der Waals surface area contributed by atoms with Crippen LogP contribution in [0, 0.1) is 10.5 Å². The van der Waals surface area contributed by atoms with Crippen molar-refractivity contribution in [2.75, 3.05) is 31.0 Å². The van der Waals surface area contributed by atoms with E-state index in [0.29, 0.717) is 44.4 Å². The van der Waals surface area contributed by atoms with Crippen LogP contribution in [-0.4, -0.2) is 44.3 Å². The molecular weight excluding hydrogens is 615 g/mol. The van der Waals surface area contributed by atoms with Crippen LogP contribution in [0.1, 0.15) is 11.1 Å². The summed E-state index contributed by atoms with van der Waals surface area (Å²) in [6.07, 6.45) is 2.98. The molecule has 0 bridgehead atoms. The van der Waals surface area contributed by atoms with Crippen LogP contribution in [0.25, 0.3) is 0 Å². The first-order valence-electron chi connectivity index (χ1n) is 11.6. The molecule has 0 spiro atoms. The summed E-state index contributed by atoms with van der Waals surface area (Å²) in [5.74, 6) is -0.782. The highest BCUT2D eigenvalue weighted by Crippen LogP contribution is 2.33. The molecule has 0 fully saturated rings. The van der Waals surface area contributed by atoms with Crippen LogP contribution in [0.4, 0.5) is 11.4 Å². The van der Waals surface area contributed by atoms with Crippen LogP contribution in [0.2, 0.25) is 0 Å². The molecule has 0 heterocycles. The minimum Gasteiger partial charge on any atom is -0.493 e. The van der Waals surface area contributed by atoms with Gasteiger partial charge in [-0.25, -0.2) is 5.43 Å². The third-order valence-corrected chi connectivity index (χ3v) is 5.80. The molecule has 39 heavy (non-hydrogen) atoms. The minimum atomic E-state index is -0.945. The Morgan fingerprint density at radius 3 is 2.28 bits per heavy atom. The summed E-state index contributed by atoms with van der Waals surface area (Å²) in [6, 6.07) is 17.3. The zero-order chi connectivity index (χ0) is 28.2. The number of benzene rings is 3. The topological polar surface area (TPSA) is 127 Å². The predicted octanol–water partition coefficient (Wildman–Crippen LogP) is 4.28. The normalized spacial score (nSPS) is 10.4. The third kappa shape index (κ3) is 9.14. The maximum absolute atomic E-state index is 12.3. The first-order valence-corrected chi connectivity index (χ1v) is 12.7. The molecule has 0 saturated heterocycles. The van der Waals surface area contributed by atoms with E-state index in [-0.39, 0.29) is 12.5 Å². The molecule has 0 aliphatic heterocycles. The second kappa shape index (κ2) is 14.5. The van der Waals surface area contributed by atoms with Gasteiger partial charge in [0.25, 0.3) is 5.91 Å². The number of anilines is 2. The number of aryl methyl sites for hydroxylation is 1. The average Bonchev–Trinajstić information content (AvgIpc) is 2.93. The second-order valence-electron chi connectivity index (χ2n) is 8.01. The van der Waals surface area contributed by atoms with Crippen LogP contribution in [-0.2, 0) is 14.4 Å². The van der Waals surface area contributed by atoms with E-state index in [2.05, 4.69) is 27.7 Å². The molecule has 0 saturated carbocycles. The highest BCUT2D eigenvalue weighted by Gasteiger charge is 2.15. The van der Waals surface area contributed by atoms with Crippen molar-refractivity contribution in [2.24, 2.45) is 5.10 Å². The molecule has 202 valence electrons. The van der Waals surface area contributed by atoms with Crippen molar-refractivity contribution in [3.05, 3.63) is 88.0 Å². The van der Waals surface area contributed by atoms with Crippen molar-refractivity contribution in [3.8, 4) is 17.2 Å². The van der Waals surface area contributed by atoms with E-state index >= 15 is 0 Å². The van der Waals surface area contributed by atoms with E-state index in [9.17, 15) is 14.4 Å². The lowest BCUT2D eigenvalue weighted by Crippen LogP contribution is -2.32. The molecule has 10 nitrogen and oxygen atoms in total. The molecular formula is C28H27IN4O6. The fraction of sp³-hybridized carbons (Fsp3) is 0.143. The number of amides is 3. The number of hydrazone groups is 1. The highest BCUT2D eigenvalue weighted by molar-refractivity contribution is 14.1. The monoisotopic (exact) mass is 642 g/mol. The van der Waals surface area contributed by atoms with Crippen molar-refractivity contribution in [2.45, 2.75) is 6.92 Å².